The Labute approximate surface area is 201 Å². The van der Waals surface area contributed by atoms with Crippen molar-refractivity contribution in [1.29, 1.82) is 0 Å². The van der Waals surface area contributed by atoms with E-state index in [9.17, 15) is 13.6 Å². The number of fused-ring (bicyclic) bond motifs is 2. The lowest BCUT2D eigenvalue weighted by molar-refractivity contribution is 0.0815. The molecule has 1 aliphatic carbocycles. The van der Waals surface area contributed by atoms with Crippen molar-refractivity contribution in [2.75, 3.05) is 19.7 Å². The molecule has 7 nitrogen and oxygen atoms in total. The number of carbonyl (C=O) groups is 1. The van der Waals surface area contributed by atoms with E-state index in [2.05, 4.69) is 20.3 Å². The molecular weight excluding hydrogens is 460 g/mol. The maximum atomic E-state index is 12.8. The number of nitrogens with zero attached hydrogens (tertiary/aromatic N) is 4. The number of thiazole rings is 1. The third-order valence-electron chi connectivity index (χ3n) is 6.83. The van der Waals surface area contributed by atoms with E-state index < -0.39 is 13.0 Å². The first kappa shape index (κ1) is 23.2. The quantitative estimate of drug-likeness (QED) is 0.514. The molecule has 0 radical (unpaired) electrons. The summed E-state index contributed by atoms with van der Waals surface area (Å²) in [4.78, 5) is 20.7. The van der Waals surface area contributed by atoms with Gasteiger partial charge in [-0.1, -0.05) is 17.4 Å². The summed E-state index contributed by atoms with van der Waals surface area (Å²) in [5.74, 6) is 0.612. The largest absolute Gasteiger partial charge is 0.464 e. The van der Waals surface area contributed by atoms with Gasteiger partial charge in [0.25, 0.3) is 17.5 Å². The van der Waals surface area contributed by atoms with Crippen LogP contribution >= 0.6 is 11.3 Å². The van der Waals surface area contributed by atoms with Gasteiger partial charge in [-0.15, -0.1) is 0 Å². The topological polar surface area (TPSA) is 71.8 Å². The van der Waals surface area contributed by atoms with Gasteiger partial charge in [-0.25, -0.2) is 18.3 Å². The fourth-order valence-electron chi connectivity index (χ4n) is 4.95. The van der Waals surface area contributed by atoms with Crippen LogP contribution in [0.3, 0.4) is 0 Å². The second kappa shape index (κ2) is 10.4. The minimum Gasteiger partial charge on any atom is -0.464 e. The molecule has 1 fully saturated rings. The first-order valence-corrected chi connectivity index (χ1v) is 12.7. The molecule has 1 aliphatic heterocycles. The average molecular weight is 490 g/mol. The van der Waals surface area contributed by atoms with Crippen LogP contribution < -0.4 is 10.1 Å². The Hall–Kier alpha value is -2.59. The van der Waals surface area contributed by atoms with E-state index in [1.165, 1.54) is 11.3 Å². The number of nitrogens with one attached hydrogen (secondary N) is 1. The number of alkyl halides is 2. The van der Waals surface area contributed by atoms with Crippen molar-refractivity contribution in [2.45, 2.75) is 57.5 Å². The zero-order valence-corrected chi connectivity index (χ0v) is 19.8. The van der Waals surface area contributed by atoms with Crippen molar-refractivity contribution in [1.82, 2.24) is 24.8 Å². The minimum absolute atomic E-state index is 0.0473. The Morgan fingerprint density at radius 3 is 2.94 bits per heavy atom. The standard InChI is InChI=1S/C24H29F2N5O2S/c25-22(26)15-33-24-29-19-14-30(12-9-21(19)34-24)11-8-16-4-6-17(7-5-16)28-23(32)18-13-27-31-10-2-1-3-20(18)31/h1-3,10,13,16-17,22H,4-9,11-12,14-15H2,(H,28,32). The molecule has 0 atom stereocenters. The number of aromatic nitrogens is 3. The van der Waals surface area contributed by atoms with Gasteiger partial charge in [0.15, 0.2) is 6.61 Å². The van der Waals surface area contributed by atoms with E-state index in [-0.39, 0.29) is 11.9 Å². The normalized spacial score (nSPS) is 21.0. The smallest absolute Gasteiger partial charge is 0.273 e. The van der Waals surface area contributed by atoms with E-state index in [4.69, 9.17) is 4.74 Å². The second-order valence-electron chi connectivity index (χ2n) is 9.15. The van der Waals surface area contributed by atoms with Gasteiger partial charge in [0.2, 0.25) is 0 Å². The molecule has 34 heavy (non-hydrogen) atoms. The first-order chi connectivity index (χ1) is 16.5. The molecule has 1 N–H and O–H groups in total. The Morgan fingerprint density at radius 1 is 1.26 bits per heavy atom. The molecular formula is C24H29F2N5O2S. The number of hydrogen-bond acceptors (Lipinski definition) is 6. The molecule has 182 valence electrons. The van der Waals surface area contributed by atoms with E-state index in [1.54, 1.807) is 10.7 Å². The highest BCUT2D eigenvalue weighted by atomic mass is 32.1. The van der Waals surface area contributed by atoms with Crippen LogP contribution in [0.5, 0.6) is 5.19 Å². The molecule has 4 heterocycles. The SMILES string of the molecule is O=C(NC1CCC(CCN2CCc3sc(OCC(F)F)nc3C2)CC1)c1cnn2ccccc12. The number of halogens is 2. The van der Waals surface area contributed by atoms with Crippen LogP contribution in [0.15, 0.2) is 30.6 Å². The molecule has 3 aromatic rings. The molecule has 5 rings (SSSR count). The number of amides is 1. The van der Waals surface area contributed by atoms with Crippen LogP contribution in [0.2, 0.25) is 0 Å². The number of carbonyl (C=O) groups excluding carboxylic acids is 1. The summed E-state index contributed by atoms with van der Waals surface area (Å²) >= 11 is 1.40. The Bertz CT molecular complexity index is 1130. The summed E-state index contributed by atoms with van der Waals surface area (Å²) in [5.41, 5.74) is 2.42. The lowest BCUT2D eigenvalue weighted by atomic mass is 9.84. The fourth-order valence-corrected chi connectivity index (χ4v) is 5.86. The van der Waals surface area contributed by atoms with Crippen molar-refractivity contribution in [3.8, 4) is 5.19 Å². The second-order valence-corrected chi connectivity index (χ2v) is 10.2. The summed E-state index contributed by atoms with van der Waals surface area (Å²) in [6.07, 6.45) is 7.24. The molecule has 0 saturated heterocycles. The molecule has 0 aromatic carbocycles. The van der Waals surface area contributed by atoms with Gasteiger partial charge in [0.05, 0.1) is 23.0 Å². The van der Waals surface area contributed by atoms with Crippen LogP contribution in [0.1, 0.15) is 53.0 Å². The number of rotatable bonds is 8. The minimum atomic E-state index is -2.48. The predicted molar refractivity (Wildman–Crippen MR) is 126 cm³/mol. The number of pyridine rings is 1. The van der Waals surface area contributed by atoms with E-state index in [1.807, 2.05) is 24.4 Å². The molecule has 0 unspecified atom stereocenters. The third-order valence-corrected chi connectivity index (χ3v) is 7.90. The van der Waals surface area contributed by atoms with Gasteiger partial charge < -0.3 is 10.1 Å². The summed E-state index contributed by atoms with van der Waals surface area (Å²) in [5, 5.41) is 7.81. The van der Waals surface area contributed by atoms with Crippen molar-refractivity contribution in [3.05, 3.63) is 46.7 Å². The fraction of sp³-hybridized carbons (Fsp3) is 0.542. The van der Waals surface area contributed by atoms with Crippen molar-refractivity contribution in [3.63, 3.8) is 0 Å². The van der Waals surface area contributed by atoms with Crippen molar-refractivity contribution < 1.29 is 18.3 Å². The molecule has 0 bridgehead atoms. The monoisotopic (exact) mass is 489 g/mol. The highest BCUT2D eigenvalue weighted by Crippen LogP contribution is 2.31. The van der Waals surface area contributed by atoms with Gasteiger partial charge in [-0.2, -0.15) is 5.10 Å². The third kappa shape index (κ3) is 5.38. The molecule has 1 amide bonds. The highest BCUT2D eigenvalue weighted by molar-refractivity contribution is 7.13. The van der Waals surface area contributed by atoms with Gasteiger partial charge in [-0.3, -0.25) is 9.69 Å². The maximum absolute atomic E-state index is 12.8. The van der Waals surface area contributed by atoms with Crippen molar-refractivity contribution >= 4 is 22.8 Å². The molecule has 0 spiro atoms. The average Bonchev–Trinajstić information content (AvgIpc) is 3.46. The van der Waals surface area contributed by atoms with Gasteiger partial charge in [-0.05, 0) is 63.1 Å². The van der Waals surface area contributed by atoms with Crippen LogP contribution in [0.25, 0.3) is 5.52 Å². The van der Waals surface area contributed by atoms with Crippen LogP contribution in [0.4, 0.5) is 8.78 Å². The van der Waals surface area contributed by atoms with E-state index in [0.29, 0.717) is 16.7 Å². The zero-order chi connectivity index (χ0) is 23.5. The Balaban J connectivity index is 1.05. The summed E-state index contributed by atoms with van der Waals surface area (Å²) < 4.78 is 31.6. The molecule has 1 saturated carbocycles. The lowest BCUT2D eigenvalue weighted by Crippen LogP contribution is -2.38. The van der Waals surface area contributed by atoms with E-state index >= 15 is 0 Å². The summed E-state index contributed by atoms with van der Waals surface area (Å²) in [7, 11) is 0. The summed E-state index contributed by atoms with van der Waals surface area (Å²) in [6, 6.07) is 5.93. The number of ether oxygens (including phenoxy) is 1. The molecule has 10 heteroatoms. The van der Waals surface area contributed by atoms with Gasteiger partial charge >= 0.3 is 0 Å². The van der Waals surface area contributed by atoms with Crippen LogP contribution in [-0.4, -0.2) is 57.6 Å². The molecule has 2 aliphatic rings. The Kier molecular flexibility index (Phi) is 7.05. The molecule has 3 aromatic heterocycles. The Morgan fingerprint density at radius 2 is 2.12 bits per heavy atom. The maximum Gasteiger partial charge on any atom is 0.273 e. The number of hydrogen-bond donors (Lipinski definition) is 1. The van der Waals surface area contributed by atoms with E-state index in [0.717, 1.165) is 74.2 Å². The highest BCUT2D eigenvalue weighted by Gasteiger charge is 2.26. The lowest BCUT2D eigenvalue weighted by Gasteiger charge is -2.31. The van der Waals surface area contributed by atoms with Crippen LogP contribution in [0, 0.1) is 5.92 Å². The van der Waals surface area contributed by atoms with Gasteiger partial charge in [0.1, 0.15) is 0 Å². The first-order valence-electron chi connectivity index (χ1n) is 11.9. The summed E-state index contributed by atoms with van der Waals surface area (Å²) in [6.45, 7) is 2.14. The predicted octanol–water partition coefficient (Wildman–Crippen LogP) is 4.17. The zero-order valence-electron chi connectivity index (χ0n) is 19.0. The van der Waals surface area contributed by atoms with Gasteiger partial charge in [0, 0.05) is 30.2 Å². The van der Waals surface area contributed by atoms with Crippen molar-refractivity contribution in [2.24, 2.45) is 5.92 Å². The van der Waals surface area contributed by atoms with Crippen LogP contribution in [-0.2, 0) is 13.0 Å².